The first-order valence-electron chi connectivity index (χ1n) is 12.6. The molecule has 1 amide bonds. The predicted molar refractivity (Wildman–Crippen MR) is 141 cm³/mol. The number of aryl methyl sites for hydroxylation is 1. The average Bonchev–Trinajstić information content (AvgIpc) is 3.21. The lowest BCUT2D eigenvalue weighted by atomic mass is 10.0. The van der Waals surface area contributed by atoms with Crippen LogP contribution in [0.25, 0.3) is 5.69 Å². The van der Waals surface area contributed by atoms with Crippen LogP contribution in [0.2, 0.25) is 5.02 Å². The van der Waals surface area contributed by atoms with Crippen LogP contribution in [-0.4, -0.2) is 77.0 Å². The lowest BCUT2D eigenvalue weighted by Gasteiger charge is -2.34. The number of carbonyl (C=O) groups excluding carboxylic acids is 2. The van der Waals surface area contributed by atoms with Crippen LogP contribution in [0.5, 0.6) is 0 Å². The zero-order valence-corrected chi connectivity index (χ0v) is 22.7. The molecule has 0 N–H and O–H groups in total. The monoisotopic (exact) mass is 573 g/mol. The summed E-state index contributed by atoms with van der Waals surface area (Å²) in [5, 5.41) is 14.1. The fourth-order valence-electron chi connectivity index (χ4n) is 4.58. The molecule has 0 saturated carbocycles. The maximum absolute atomic E-state index is 13.0. The van der Waals surface area contributed by atoms with Crippen molar-refractivity contribution in [3.05, 3.63) is 81.1 Å². The van der Waals surface area contributed by atoms with Gasteiger partial charge in [-0.2, -0.15) is 23.5 Å². The van der Waals surface area contributed by atoms with E-state index in [0.717, 1.165) is 28.2 Å². The minimum Gasteiger partial charge on any atom is -0.458 e. The molecule has 0 aliphatic carbocycles. The molecule has 0 atom stereocenters. The number of rotatable bonds is 7. The lowest BCUT2D eigenvalue weighted by molar-refractivity contribution is -0.200. The van der Waals surface area contributed by atoms with Crippen molar-refractivity contribution in [2.45, 2.75) is 26.4 Å². The number of benzene rings is 2. The zero-order chi connectivity index (χ0) is 29.0. The third-order valence-corrected chi connectivity index (χ3v) is 7.18. The molecule has 2 aromatic carbocycles. The van der Waals surface area contributed by atoms with E-state index >= 15 is 0 Å². The Balaban J connectivity index is 1.33. The summed E-state index contributed by atoms with van der Waals surface area (Å²) in [4.78, 5) is 27.4. The van der Waals surface area contributed by atoms with E-state index in [4.69, 9.17) is 16.9 Å². The lowest BCUT2D eigenvalue weighted by Crippen LogP contribution is -2.49. The van der Waals surface area contributed by atoms with Crippen LogP contribution in [0.1, 0.15) is 38.4 Å². The highest BCUT2D eigenvalue weighted by molar-refractivity contribution is 6.31. The van der Waals surface area contributed by atoms with Crippen molar-refractivity contribution >= 4 is 23.5 Å². The second-order valence-corrected chi connectivity index (χ2v) is 9.89. The van der Waals surface area contributed by atoms with Crippen LogP contribution < -0.4 is 0 Å². The number of ether oxygens (including phenoxy) is 1. The SMILES string of the molecule is Cc1nn(-c2ccc(C#N)c(Cl)c2)c(C)c1Cc1ccc(C(=O)N2CCN(CCOC(=O)C(F)(F)F)CC2)cc1. The number of halogens is 4. The molecule has 210 valence electrons. The van der Waals surface area contributed by atoms with E-state index < -0.39 is 12.1 Å². The number of hydrogen-bond donors (Lipinski definition) is 0. The number of alkyl halides is 3. The number of hydrogen-bond acceptors (Lipinski definition) is 6. The molecule has 0 radical (unpaired) electrons. The highest BCUT2D eigenvalue weighted by Gasteiger charge is 2.40. The largest absolute Gasteiger partial charge is 0.490 e. The van der Waals surface area contributed by atoms with Crippen LogP contribution >= 0.6 is 11.6 Å². The summed E-state index contributed by atoms with van der Waals surface area (Å²) >= 11 is 6.21. The summed E-state index contributed by atoms with van der Waals surface area (Å²) < 4.78 is 42.8. The number of amides is 1. The van der Waals surface area contributed by atoms with Gasteiger partial charge in [0.1, 0.15) is 12.7 Å². The van der Waals surface area contributed by atoms with E-state index in [0.29, 0.717) is 48.7 Å². The fraction of sp³-hybridized carbons (Fsp3) is 0.357. The molecule has 8 nitrogen and oxygen atoms in total. The Kier molecular flexibility index (Phi) is 8.81. The molecule has 0 unspecified atom stereocenters. The summed E-state index contributed by atoms with van der Waals surface area (Å²) in [6.45, 7) is 5.51. The van der Waals surface area contributed by atoms with Gasteiger partial charge in [0, 0.05) is 56.0 Å². The van der Waals surface area contributed by atoms with Crippen molar-refractivity contribution in [3.63, 3.8) is 0 Å². The van der Waals surface area contributed by atoms with Gasteiger partial charge in [-0.1, -0.05) is 23.7 Å². The Morgan fingerprint density at radius 1 is 1.07 bits per heavy atom. The number of carbonyl (C=O) groups is 2. The molecule has 1 fully saturated rings. The highest BCUT2D eigenvalue weighted by atomic mass is 35.5. The Bertz CT molecular complexity index is 1440. The van der Waals surface area contributed by atoms with Gasteiger partial charge in [-0.3, -0.25) is 9.69 Å². The van der Waals surface area contributed by atoms with Gasteiger partial charge in [-0.05, 0) is 49.7 Å². The summed E-state index contributed by atoms with van der Waals surface area (Å²) in [5.74, 6) is -2.31. The highest BCUT2D eigenvalue weighted by Crippen LogP contribution is 2.25. The molecule has 12 heteroatoms. The van der Waals surface area contributed by atoms with E-state index in [-0.39, 0.29) is 19.1 Å². The van der Waals surface area contributed by atoms with E-state index in [1.165, 1.54) is 0 Å². The fourth-order valence-corrected chi connectivity index (χ4v) is 4.80. The van der Waals surface area contributed by atoms with Gasteiger partial charge in [0.25, 0.3) is 5.91 Å². The van der Waals surface area contributed by atoms with Gasteiger partial charge in [-0.15, -0.1) is 0 Å². The Morgan fingerprint density at radius 2 is 1.75 bits per heavy atom. The van der Waals surface area contributed by atoms with E-state index in [9.17, 15) is 22.8 Å². The van der Waals surface area contributed by atoms with Gasteiger partial charge in [0.2, 0.25) is 0 Å². The van der Waals surface area contributed by atoms with Crippen molar-refractivity contribution in [2.24, 2.45) is 0 Å². The van der Waals surface area contributed by atoms with Crippen LogP contribution in [0, 0.1) is 25.2 Å². The maximum atomic E-state index is 13.0. The van der Waals surface area contributed by atoms with Crippen LogP contribution in [-0.2, 0) is 16.0 Å². The number of nitrogens with zero attached hydrogens (tertiary/aromatic N) is 5. The summed E-state index contributed by atoms with van der Waals surface area (Å²) in [7, 11) is 0. The number of aromatic nitrogens is 2. The second kappa shape index (κ2) is 12.1. The van der Waals surface area contributed by atoms with E-state index in [1.807, 2.05) is 30.9 Å². The van der Waals surface area contributed by atoms with Crippen molar-refractivity contribution in [1.29, 1.82) is 5.26 Å². The van der Waals surface area contributed by atoms with E-state index in [2.05, 4.69) is 15.9 Å². The molecule has 0 bridgehead atoms. The van der Waals surface area contributed by atoms with Crippen molar-refractivity contribution in [1.82, 2.24) is 19.6 Å². The molecule has 1 saturated heterocycles. The van der Waals surface area contributed by atoms with Crippen molar-refractivity contribution in [2.75, 3.05) is 39.3 Å². The van der Waals surface area contributed by atoms with Gasteiger partial charge in [-0.25, -0.2) is 9.48 Å². The molecule has 2 heterocycles. The molecule has 1 aliphatic heterocycles. The quantitative estimate of drug-likeness (QED) is 0.387. The molecule has 1 aliphatic rings. The number of esters is 1. The number of nitriles is 1. The van der Waals surface area contributed by atoms with Crippen molar-refractivity contribution in [3.8, 4) is 11.8 Å². The predicted octanol–water partition coefficient (Wildman–Crippen LogP) is 4.47. The molecule has 1 aromatic heterocycles. The Labute approximate surface area is 234 Å². The Morgan fingerprint density at radius 3 is 2.35 bits per heavy atom. The third-order valence-electron chi connectivity index (χ3n) is 6.87. The summed E-state index contributed by atoms with van der Waals surface area (Å²) in [5.41, 5.74) is 5.59. The summed E-state index contributed by atoms with van der Waals surface area (Å²) in [6, 6.07) is 14.6. The van der Waals surface area contributed by atoms with Gasteiger partial charge in [0.15, 0.2) is 0 Å². The summed E-state index contributed by atoms with van der Waals surface area (Å²) in [6.07, 6.45) is -4.38. The normalized spacial score (nSPS) is 14.2. The topological polar surface area (TPSA) is 91.5 Å². The van der Waals surface area contributed by atoms with Gasteiger partial charge in [0.05, 0.1) is 22.0 Å². The zero-order valence-electron chi connectivity index (χ0n) is 22.0. The van der Waals surface area contributed by atoms with Crippen LogP contribution in [0.3, 0.4) is 0 Å². The average molecular weight is 574 g/mol. The number of piperazine rings is 1. The maximum Gasteiger partial charge on any atom is 0.490 e. The third kappa shape index (κ3) is 6.63. The molecule has 4 rings (SSSR count). The molecule has 0 spiro atoms. The van der Waals surface area contributed by atoms with Crippen LogP contribution in [0.15, 0.2) is 42.5 Å². The van der Waals surface area contributed by atoms with Gasteiger partial charge < -0.3 is 9.64 Å². The molecular formula is C28H27ClF3N5O3. The van der Waals surface area contributed by atoms with Crippen molar-refractivity contribution < 1.29 is 27.5 Å². The van der Waals surface area contributed by atoms with Gasteiger partial charge >= 0.3 is 12.1 Å². The first kappa shape index (κ1) is 29.1. The van der Waals surface area contributed by atoms with E-state index in [1.54, 1.807) is 39.9 Å². The molecule has 3 aromatic rings. The minimum absolute atomic E-state index is 0.118. The first-order valence-corrected chi connectivity index (χ1v) is 13.0. The Hall–Kier alpha value is -3.88. The standard InChI is InChI=1S/C28H27ClF3N5O3/c1-18-24(19(2)37(34-18)23-8-7-22(17-33)25(29)16-23)15-20-3-5-21(6-4-20)26(38)36-11-9-35(10-12-36)13-14-40-27(39)28(30,31)32/h3-8,16H,9-15H2,1-2H3. The second-order valence-electron chi connectivity index (χ2n) is 9.48. The minimum atomic E-state index is -5.00. The first-order chi connectivity index (χ1) is 19.0. The van der Waals surface area contributed by atoms with Crippen LogP contribution in [0.4, 0.5) is 13.2 Å². The molecule has 40 heavy (non-hydrogen) atoms. The molecular weight excluding hydrogens is 547 g/mol. The smallest absolute Gasteiger partial charge is 0.458 e.